The molecule has 5 rings (SSSR count). The van der Waals surface area contributed by atoms with Gasteiger partial charge in [-0.05, 0) is 37.6 Å². The molecule has 0 saturated carbocycles. The predicted molar refractivity (Wildman–Crippen MR) is 146 cm³/mol. The summed E-state index contributed by atoms with van der Waals surface area (Å²) in [6.07, 6.45) is -1.13. The molecule has 1 aromatic heterocycles. The van der Waals surface area contributed by atoms with E-state index in [9.17, 15) is 22.8 Å². The van der Waals surface area contributed by atoms with Gasteiger partial charge in [-0.1, -0.05) is 30.3 Å². The zero-order chi connectivity index (χ0) is 28.4. The van der Waals surface area contributed by atoms with Crippen molar-refractivity contribution < 1.29 is 27.5 Å². The first-order valence-corrected chi connectivity index (χ1v) is 13.1. The summed E-state index contributed by atoms with van der Waals surface area (Å²) < 4.78 is 48.9. The highest BCUT2D eigenvalue weighted by atomic mass is 19.4. The van der Waals surface area contributed by atoms with E-state index in [1.54, 1.807) is 18.7 Å². The van der Waals surface area contributed by atoms with Gasteiger partial charge in [0, 0.05) is 51.3 Å². The summed E-state index contributed by atoms with van der Waals surface area (Å²) in [5.41, 5.74) is 0.566. The monoisotopic (exact) mass is 553 g/mol. The van der Waals surface area contributed by atoms with Crippen LogP contribution in [0.15, 0.2) is 65.9 Å². The minimum Gasteiger partial charge on any atom is -0.449 e. The standard InChI is InChI=1S/C29H30F3N5O3/c1-3-40-28(39)37-20(2)17-33-24-15-23(29(30,31)32)25(16-26(24)37)36-10-9-22(19-36)27(38)35-13-11-34(12-14-35)18-21-7-5-4-6-8-21/h4-10,15-17,19-20H,3,11-14,18H2,1-2H3. The van der Waals surface area contributed by atoms with Crippen LogP contribution in [0.4, 0.5) is 29.3 Å². The highest BCUT2D eigenvalue weighted by Gasteiger charge is 2.38. The lowest BCUT2D eigenvalue weighted by molar-refractivity contribution is -0.137. The number of hydrogen-bond donors (Lipinski definition) is 0. The summed E-state index contributed by atoms with van der Waals surface area (Å²) in [5.74, 6) is -0.240. The molecule has 1 fully saturated rings. The van der Waals surface area contributed by atoms with Crippen LogP contribution >= 0.6 is 0 Å². The van der Waals surface area contributed by atoms with E-state index >= 15 is 0 Å². The van der Waals surface area contributed by atoms with E-state index in [0.717, 1.165) is 12.6 Å². The number of carbonyl (C=O) groups is 2. The Labute approximate surface area is 230 Å². The molecule has 1 saturated heterocycles. The summed E-state index contributed by atoms with van der Waals surface area (Å²) in [5, 5.41) is 0. The molecule has 0 spiro atoms. The van der Waals surface area contributed by atoms with Crippen LogP contribution in [0.2, 0.25) is 0 Å². The lowest BCUT2D eigenvalue weighted by atomic mass is 10.1. The average molecular weight is 554 g/mol. The molecule has 1 atom stereocenters. The fraction of sp³-hybridized carbons (Fsp3) is 0.345. The molecule has 210 valence electrons. The summed E-state index contributed by atoms with van der Waals surface area (Å²) in [6, 6.07) is 13.3. The first kappa shape index (κ1) is 27.4. The molecule has 0 N–H and O–H groups in total. The number of ether oxygens (including phenoxy) is 1. The van der Waals surface area contributed by atoms with Crippen LogP contribution in [-0.2, 0) is 17.5 Å². The van der Waals surface area contributed by atoms with E-state index in [1.165, 1.54) is 45.8 Å². The molecular formula is C29H30F3N5O3. The number of halogens is 3. The maximum atomic E-state index is 14.2. The van der Waals surface area contributed by atoms with Crippen molar-refractivity contribution in [3.63, 3.8) is 0 Å². The predicted octanol–water partition coefficient (Wildman–Crippen LogP) is 5.52. The van der Waals surface area contributed by atoms with Crippen molar-refractivity contribution in [3.05, 3.63) is 77.6 Å². The van der Waals surface area contributed by atoms with Gasteiger partial charge >= 0.3 is 12.3 Å². The van der Waals surface area contributed by atoms with Gasteiger partial charge in [-0.3, -0.25) is 19.6 Å². The molecular weight excluding hydrogens is 523 g/mol. The Kier molecular flexibility index (Phi) is 7.66. The molecule has 0 bridgehead atoms. The van der Waals surface area contributed by atoms with Gasteiger partial charge in [-0.2, -0.15) is 13.2 Å². The molecule has 2 aliphatic heterocycles. The first-order valence-electron chi connectivity index (χ1n) is 13.1. The number of alkyl halides is 3. The molecule has 2 amide bonds. The molecule has 8 nitrogen and oxygen atoms in total. The van der Waals surface area contributed by atoms with Gasteiger partial charge in [0.2, 0.25) is 0 Å². The number of piperazine rings is 1. The maximum absolute atomic E-state index is 14.2. The summed E-state index contributed by atoms with van der Waals surface area (Å²) in [7, 11) is 0. The topological polar surface area (TPSA) is 70.4 Å². The summed E-state index contributed by atoms with van der Waals surface area (Å²) >= 11 is 0. The minimum absolute atomic E-state index is 0.0130. The summed E-state index contributed by atoms with van der Waals surface area (Å²) in [4.78, 5) is 35.3. The van der Waals surface area contributed by atoms with E-state index in [2.05, 4.69) is 22.0 Å². The Morgan fingerprint density at radius 2 is 1.75 bits per heavy atom. The van der Waals surface area contributed by atoms with Crippen LogP contribution in [-0.4, -0.2) is 71.4 Å². The zero-order valence-electron chi connectivity index (χ0n) is 22.3. The third-order valence-corrected chi connectivity index (χ3v) is 7.09. The van der Waals surface area contributed by atoms with Crippen LogP contribution in [0.3, 0.4) is 0 Å². The van der Waals surface area contributed by atoms with Gasteiger partial charge in [-0.25, -0.2) is 4.79 Å². The molecule has 2 aromatic carbocycles. The molecule has 1 unspecified atom stereocenters. The molecule has 3 aromatic rings. The van der Waals surface area contributed by atoms with Crippen molar-refractivity contribution in [2.45, 2.75) is 32.6 Å². The smallest absolute Gasteiger partial charge is 0.418 e. The van der Waals surface area contributed by atoms with Gasteiger partial charge in [0.25, 0.3) is 5.91 Å². The fourth-order valence-electron chi connectivity index (χ4n) is 5.04. The van der Waals surface area contributed by atoms with Crippen molar-refractivity contribution in [1.82, 2.24) is 14.4 Å². The number of anilines is 1. The number of aliphatic imine (C=N–C) groups is 1. The van der Waals surface area contributed by atoms with Crippen molar-refractivity contribution >= 4 is 29.6 Å². The number of fused-ring (bicyclic) bond motifs is 1. The van der Waals surface area contributed by atoms with Crippen molar-refractivity contribution in [1.29, 1.82) is 0 Å². The second-order valence-corrected chi connectivity index (χ2v) is 9.80. The minimum atomic E-state index is -4.69. The lowest BCUT2D eigenvalue weighted by Crippen LogP contribution is -2.48. The van der Waals surface area contributed by atoms with Crippen molar-refractivity contribution in [2.75, 3.05) is 37.7 Å². The molecule has 0 aliphatic carbocycles. The number of hydrogen-bond acceptors (Lipinski definition) is 5. The number of nitrogens with zero attached hydrogens (tertiary/aromatic N) is 5. The highest BCUT2D eigenvalue weighted by Crippen LogP contribution is 2.43. The maximum Gasteiger partial charge on any atom is 0.418 e. The summed E-state index contributed by atoms with van der Waals surface area (Å²) in [6.45, 7) is 6.71. The van der Waals surface area contributed by atoms with Crippen LogP contribution < -0.4 is 4.90 Å². The van der Waals surface area contributed by atoms with E-state index in [0.29, 0.717) is 26.2 Å². The Balaban J connectivity index is 1.39. The van der Waals surface area contributed by atoms with E-state index in [4.69, 9.17) is 4.74 Å². The number of amides is 2. The molecule has 11 heteroatoms. The molecule has 0 radical (unpaired) electrons. The second-order valence-electron chi connectivity index (χ2n) is 9.80. The van der Waals surface area contributed by atoms with Crippen LogP contribution in [0, 0.1) is 0 Å². The van der Waals surface area contributed by atoms with Crippen molar-refractivity contribution in [2.24, 2.45) is 4.99 Å². The Bertz CT molecular complexity index is 1410. The molecule has 40 heavy (non-hydrogen) atoms. The Hall–Kier alpha value is -4.12. The van der Waals surface area contributed by atoms with Gasteiger partial charge in [0.05, 0.1) is 40.8 Å². The van der Waals surface area contributed by atoms with Crippen molar-refractivity contribution in [3.8, 4) is 5.69 Å². The number of benzene rings is 2. The van der Waals surface area contributed by atoms with Crippen LogP contribution in [0.25, 0.3) is 5.69 Å². The first-order chi connectivity index (χ1) is 19.2. The van der Waals surface area contributed by atoms with Gasteiger partial charge in [-0.15, -0.1) is 0 Å². The third-order valence-electron chi connectivity index (χ3n) is 7.09. The molecule has 3 heterocycles. The number of aromatic nitrogens is 1. The van der Waals surface area contributed by atoms with Crippen LogP contribution in [0.5, 0.6) is 0 Å². The second kappa shape index (κ2) is 11.2. The van der Waals surface area contributed by atoms with Gasteiger partial charge in [0.15, 0.2) is 0 Å². The van der Waals surface area contributed by atoms with Gasteiger partial charge in [0.1, 0.15) is 0 Å². The van der Waals surface area contributed by atoms with E-state index in [1.807, 2.05) is 18.2 Å². The quantitative estimate of drug-likeness (QED) is 0.417. The SMILES string of the molecule is CCOC(=O)N1c2cc(-n3ccc(C(=O)N4CCN(Cc5ccccc5)CC4)c3)c(C(F)(F)F)cc2N=CC1C. The zero-order valence-corrected chi connectivity index (χ0v) is 22.3. The number of carbonyl (C=O) groups excluding carboxylic acids is 2. The van der Waals surface area contributed by atoms with E-state index in [-0.39, 0.29) is 35.1 Å². The largest absolute Gasteiger partial charge is 0.449 e. The normalized spacial score (nSPS) is 17.6. The molecule has 2 aliphatic rings. The van der Waals surface area contributed by atoms with Crippen LogP contribution in [0.1, 0.15) is 35.3 Å². The number of rotatable bonds is 5. The highest BCUT2D eigenvalue weighted by molar-refractivity contribution is 6.00. The van der Waals surface area contributed by atoms with Gasteiger partial charge < -0.3 is 14.2 Å². The Morgan fingerprint density at radius 3 is 2.42 bits per heavy atom. The van der Waals surface area contributed by atoms with E-state index < -0.39 is 23.9 Å². The average Bonchev–Trinajstić information content (AvgIpc) is 3.43. The fourth-order valence-corrected chi connectivity index (χ4v) is 5.04. The third kappa shape index (κ3) is 5.60. The lowest BCUT2D eigenvalue weighted by Gasteiger charge is -2.34. The Morgan fingerprint density at radius 1 is 1.02 bits per heavy atom.